The SMILES string of the molecule is CC[C@@H](Oc1ccc(Cl)cc1)C(=O)NCC1=CCCCC1. The summed E-state index contributed by atoms with van der Waals surface area (Å²) in [6, 6.07) is 7.08. The van der Waals surface area contributed by atoms with Crippen molar-refractivity contribution >= 4 is 17.5 Å². The fourth-order valence-corrected chi connectivity index (χ4v) is 2.51. The van der Waals surface area contributed by atoms with Crippen LogP contribution in [0.25, 0.3) is 0 Å². The highest BCUT2D eigenvalue weighted by Crippen LogP contribution is 2.18. The number of carbonyl (C=O) groups is 1. The zero-order valence-corrected chi connectivity index (χ0v) is 13.2. The number of hydrogen-bond donors (Lipinski definition) is 1. The molecule has 4 heteroatoms. The van der Waals surface area contributed by atoms with Gasteiger partial charge in [0.25, 0.3) is 5.91 Å². The lowest BCUT2D eigenvalue weighted by Crippen LogP contribution is -2.39. The molecule has 0 heterocycles. The quantitative estimate of drug-likeness (QED) is 0.803. The number of halogens is 1. The molecule has 0 saturated heterocycles. The van der Waals surface area contributed by atoms with Gasteiger partial charge in [-0.15, -0.1) is 0 Å². The minimum absolute atomic E-state index is 0.0566. The van der Waals surface area contributed by atoms with E-state index in [1.807, 2.05) is 6.92 Å². The topological polar surface area (TPSA) is 38.3 Å². The monoisotopic (exact) mass is 307 g/mol. The van der Waals surface area contributed by atoms with Crippen LogP contribution in [0.5, 0.6) is 5.75 Å². The number of benzene rings is 1. The van der Waals surface area contributed by atoms with E-state index in [1.54, 1.807) is 24.3 Å². The third-order valence-electron chi connectivity index (χ3n) is 3.63. The predicted molar refractivity (Wildman–Crippen MR) is 85.7 cm³/mol. The fourth-order valence-electron chi connectivity index (χ4n) is 2.38. The van der Waals surface area contributed by atoms with Crippen LogP contribution in [0.3, 0.4) is 0 Å². The van der Waals surface area contributed by atoms with Crippen LogP contribution in [-0.4, -0.2) is 18.6 Å². The van der Waals surface area contributed by atoms with Crippen LogP contribution in [0.1, 0.15) is 39.0 Å². The Balaban J connectivity index is 1.86. The van der Waals surface area contributed by atoms with Crippen molar-refractivity contribution in [3.05, 3.63) is 40.9 Å². The van der Waals surface area contributed by atoms with Crippen LogP contribution in [0.2, 0.25) is 5.02 Å². The number of amides is 1. The summed E-state index contributed by atoms with van der Waals surface area (Å²) in [7, 11) is 0. The second-order valence-electron chi connectivity index (χ2n) is 5.29. The van der Waals surface area contributed by atoms with Crippen molar-refractivity contribution in [1.29, 1.82) is 0 Å². The molecule has 1 aromatic carbocycles. The van der Waals surface area contributed by atoms with Gasteiger partial charge in [-0.2, -0.15) is 0 Å². The number of ether oxygens (including phenoxy) is 1. The molecule has 0 spiro atoms. The molecule has 0 aromatic heterocycles. The van der Waals surface area contributed by atoms with Crippen molar-refractivity contribution in [2.24, 2.45) is 0 Å². The lowest BCUT2D eigenvalue weighted by Gasteiger charge is -2.19. The number of allylic oxidation sites excluding steroid dienone is 1. The molecule has 114 valence electrons. The minimum atomic E-state index is -0.463. The van der Waals surface area contributed by atoms with Crippen molar-refractivity contribution in [1.82, 2.24) is 5.32 Å². The van der Waals surface area contributed by atoms with Crippen LogP contribution >= 0.6 is 11.6 Å². The normalized spacial score (nSPS) is 16.0. The number of carbonyl (C=O) groups excluding carboxylic acids is 1. The van der Waals surface area contributed by atoms with Gasteiger partial charge in [-0.3, -0.25) is 4.79 Å². The van der Waals surface area contributed by atoms with Gasteiger partial charge >= 0.3 is 0 Å². The summed E-state index contributed by atoms with van der Waals surface area (Å²) in [5, 5.41) is 3.63. The van der Waals surface area contributed by atoms with E-state index in [0.717, 1.165) is 12.8 Å². The highest BCUT2D eigenvalue weighted by atomic mass is 35.5. The molecule has 0 unspecified atom stereocenters. The highest BCUT2D eigenvalue weighted by molar-refractivity contribution is 6.30. The van der Waals surface area contributed by atoms with E-state index in [4.69, 9.17) is 16.3 Å². The van der Waals surface area contributed by atoms with Crippen molar-refractivity contribution in [3.63, 3.8) is 0 Å². The highest BCUT2D eigenvalue weighted by Gasteiger charge is 2.18. The molecule has 1 atom stereocenters. The Bertz CT molecular complexity index is 496. The largest absolute Gasteiger partial charge is 0.481 e. The number of hydrogen-bond acceptors (Lipinski definition) is 2. The van der Waals surface area contributed by atoms with E-state index in [2.05, 4.69) is 11.4 Å². The Morgan fingerprint density at radius 3 is 2.71 bits per heavy atom. The third-order valence-corrected chi connectivity index (χ3v) is 3.88. The zero-order chi connectivity index (χ0) is 15.1. The Labute approximate surface area is 131 Å². The van der Waals surface area contributed by atoms with Gasteiger partial charge < -0.3 is 10.1 Å². The first kappa shape index (κ1) is 15.9. The molecular weight excluding hydrogens is 286 g/mol. The predicted octanol–water partition coefficient (Wildman–Crippen LogP) is 4.11. The summed E-state index contributed by atoms with van der Waals surface area (Å²) >= 11 is 5.84. The molecule has 1 N–H and O–H groups in total. The molecule has 0 aliphatic heterocycles. The Kier molecular flexibility index (Phi) is 6.12. The molecule has 1 amide bonds. The first-order chi connectivity index (χ1) is 10.2. The third kappa shape index (κ3) is 5.09. The standard InChI is InChI=1S/C17H22ClNO2/c1-2-16(21-15-10-8-14(18)9-11-15)17(20)19-12-13-6-4-3-5-7-13/h6,8-11,16H,2-5,7,12H2,1H3,(H,19,20)/t16-/m1/s1. The summed E-state index contributed by atoms with van der Waals surface area (Å²) in [5.41, 5.74) is 1.33. The van der Waals surface area contributed by atoms with Gasteiger partial charge in [0, 0.05) is 11.6 Å². The Hall–Kier alpha value is -1.48. The number of nitrogens with one attached hydrogen (secondary N) is 1. The molecule has 1 aliphatic rings. The first-order valence-electron chi connectivity index (χ1n) is 7.57. The van der Waals surface area contributed by atoms with E-state index in [9.17, 15) is 4.79 Å². The lowest BCUT2D eigenvalue weighted by molar-refractivity contribution is -0.127. The molecule has 1 aromatic rings. The first-order valence-corrected chi connectivity index (χ1v) is 7.94. The van der Waals surface area contributed by atoms with Gasteiger partial charge in [0.1, 0.15) is 5.75 Å². The van der Waals surface area contributed by atoms with E-state index in [-0.39, 0.29) is 5.91 Å². The average molecular weight is 308 g/mol. The van der Waals surface area contributed by atoms with E-state index in [1.165, 1.54) is 18.4 Å². The second-order valence-corrected chi connectivity index (χ2v) is 5.73. The van der Waals surface area contributed by atoms with Gasteiger partial charge in [-0.25, -0.2) is 0 Å². The second kappa shape index (κ2) is 8.08. The molecule has 3 nitrogen and oxygen atoms in total. The van der Waals surface area contributed by atoms with Crippen LogP contribution in [0, 0.1) is 0 Å². The van der Waals surface area contributed by atoms with Crippen molar-refractivity contribution < 1.29 is 9.53 Å². The molecule has 0 fully saturated rings. The summed E-state index contributed by atoms with van der Waals surface area (Å²) in [6.07, 6.45) is 7.11. The maximum Gasteiger partial charge on any atom is 0.261 e. The lowest BCUT2D eigenvalue weighted by atomic mass is 10.00. The van der Waals surface area contributed by atoms with Gasteiger partial charge in [0.15, 0.2) is 6.10 Å². The Morgan fingerprint density at radius 2 is 2.10 bits per heavy atom. The van der Waals surface area contributed by atoms with Gasteiger partial charge in [0.2, 0.25) is 0 Å². The Morgan fingerprint density at radius 1 is 1.33 bits per heavy atom. The molecule has 1 aliphatic carbocycles. The summed E-state index contributed by atoms with van der Waals surface area (Å²) in [4.78, 5) is 12.2. The zero-order valence-electron chi connectivity index (χ0n) is 12.4. The smallest absolute Gasteiger partial charge is 0.261 e. The van der Waals surface area contributed by atoms with Crippen LogP contribution in [0.4, 0.5) is 0 Å². The van der Waals surface area contributed by atoms with Gasteiger partial charge in [-0.05, 0) is 56.4 Å². The summed E-state index contributed by atoms with van der Waals surface area (Å²) in [5.74, 6) is 0.609. The molecule has 0 saturated carbocycles. The van der Waals surface area contributed by atoms with Crippen molar-refractivity contribution in [2.75, 3.05) is 6.54 Å². The molecule has 2 rings (SSSR count). The molecule has 21 heavy (non-hydrogen) atoms. The van der Waals surface area contributed by atoms with Gasteiger partial charge in [-0.1, -0.05) is 30.2 Å². The fraction of sp³-hybridized carbons (Fsp3) is 0.471. The van der Waals surface area contributed by atoms with Crippen LogP contribution in [0.15, 0.2) is 35.9 Å². The maximum absolute atomic E-state index is 12.2. The minimum Gasteiger partial charge on any atom is -0.481 e. The van der Waals surface area contributed by atoms with Crippen molar-refractivity contribution in [3.8, 4) is 5.75 Å². The van der Waals surface area contributed by atoms with Gasteiger partial charge in [0.05, 0.1) is 0 Å². The van der Waals surface area contributed by atoms with Crippen LogP contribution < -0.4 is 10.1 Å². The number of rotatable bonds is 6. The van der Waals surface area contributed by atoms with E-state index in [0.29, 0.717) is 23.7 Å². The van der Waals surface area contributed by atoms with Crippen LogP contribution in [-0.2, 0) is 4.79 Å². The molecule has 0 bridgehead atoms. The summed E-state index contributed by atoms with van der Waals surface area (Å²) in [6.45, 7) is 2.58. The molecular formula is C17H22ClNO2. The van der Waals surface area contributed by atoms with Crippen molar-refractivity contribution in [2.45, 2.75) is 45.1 Å². The maximum atomic E-state index is 12.2. The van der Waals surface area contributed by atoms with E-state index < -0.39 is 6.10 Å². The molecule has 0 radical (unpaired) electrons. The summed E-state index contributed by atoms with van der Waals surface area (Å²) < 4.78 is 5.73. The average Bonchev–Trinajstić information content (AvgIpc) is 2.53. The van der Waals surface area contributed by atoms with E-state index >= 15 is 0 Å².